The van der Waals surface area contributed by atoms with Crippen molar-refractivity contribution in [3.63, 3.8) is 0 Å². The molecule has 0 aliphatic heterocycles. The highest BCUT2D eigenvalue weighted by Crippen LogP contribution is 2.21. The highest BCUT2D eigenvalue weighted by atomic mass is 79.9. The summed E-state index contributed by atoms with van der Waals surface area (Å²) in [5.74, 6) is 0. The fourth-order valence-electron chi connectivity index (χ4n) is 1.47. The first kappa shape index (κ1) is 13.7. The van der Waals surface area contributed by atoms with Crippen LogP contribution in [-0.2, 0) is 24.8 Å². The van der Waals surface area contributed by atoms with Gasteiger partial charge in [-0.2, -0.15) is 5.10 Å². The molecule has 0 bridgehead atoms. The smallest absolute Gasteiger partial charge is 0.0896 e. The molecule has 0 aliphatic rings. The maximum atomic E-state index is 5.59. The minimum absolute atomic E-state index is 0.607. The lowest BCUT2D eigenvalue weighted by atomic mass is 10.3. The molecule has 0 fully saturated rings. The van der Waals surface area contributed by atoms with Gasteiger partial charge in [0, 0.05) is 13.6 Å². The maximum absolute atomic E-state index is 5.59. The molecule has 0 atom stereocenters. The molecule has 92 valence electrons. The molecule has 0 saturated heterocycles. The van der Waals surface area contributed by atoms with Crippen LogP contribution in [0.5, 0.6) is 0 Å². The van der Waals surface area contributed by atoms with E-state index in [-0.39, 0.29) is 0 Å². The number of rotatable bonds is 7. The van der Waals surface area contributed by atoms with Crippen LogP contribution in [0, 0.1) is 0 Å². The van der Waals surface area contributed by atoms with E-state index in [1.54, 1.807) is 0 Å². The lowest BCUT2D eigenvalue weighted by Crippen LogP contribution is -2.19. The third-order valence-corrected chi connectivity index (χ3v) is 3.33. The monoisotopic (exact) mass is 289 g/mol. The normalized spacial score (nSPS) is 11.0. The zero-order chi connectivity index (χ0) is 12.0. The first-order valence-corrected chi connectivity index (χ1v) is 6.48. The van der Waals surface area contributed by atoms with Gasteiger partial charge in [0.2, 0.25) is 0 Å². The van der Waals surface area contributed by atoms with E-state index in [2.05, 4.69) is 40.2 Å². The Bertz CT molecular complexity index is 325. The van der Waals surface area contributed by atoms with Crippen LogP contribution in [-0.4, -0.2) is 29.5 Å². The van der Waals surface area contributed by atoms with E-state index in [1.165, 1.54) is 0 Å². The van der Waals surface area contributed by atoms with Gasteiger partial charge in [-0.15, -0.1) is 0 Å². The minimum atomic E-state index is 0.607. The van der Waals surface area contributed by atoms with Gasteiger partial charge in [0.15, 0.2) is 0 Å². The highest BCUT2D eigenvalue weighted by molar-refractivity contribution is 9.10. The number of ether oxygens (including phenoxy) is 1. The SMILES string of the molecule is CCNCCOCc1c(Br)c(CC)nn1C. The van der Waals surface area contributed by atoms with Gasteiger partial charge >= 0.3 is 0 Å². The van der Waals surface area contributed by atoms with E-state index in [0.29, 0.717) is 6.61 Å². The molecular weight excluding hydrogens is 270 g/mol. The van der Waals surface area contributed by atoms with Crippen LogP contribution in [0.1, 0.15) is 25.2 Å². The van der Waals surface area contributed by atoms with Crippen molar-refractivity contribution >= 4 is 15.9 Å². The van der Waals surface area contributed by atoms with Crippen molar-refractivity contribution in [2.75, 3.05) is 19.7 Å². The summed E-state index contributed by atoms with van der Waals surface area (Å²) in [4.78, 5) is 0. The van der Waals surface area contributed by atoms with E-state index in [4.69, 9.17) is 4.74 Å². The second kappa shape index (κ2) is 7.04. The second-order valence-electron chi connectivity index (χ2n) is 3.59. The fourth-order valence-corrected chi connectivity index (χ4v) is 2.20. The largest absolute Gasteiger partial charge is 0.374 e. The molecule has 0 amide bonds. The van der Waals surface area contributed by atoms with Gasteiger partial charge in [-0.05, 0) is 28.9 Å². The number of hydrogen-bond acceptors (Lipinski definition) is 3. The summed E-state index contributed by atoms with van der Waals surface area (Å²) in [6.45, 7) is 7.40. The molecule has 1 aromatic heterocycles. The van der Waals surface area contributed by atoms with Crippen molar-refractivity contribution in [3.05, 3.63) is 15.9 Å². The highest BCUT2D eigenvalue weighted by Gasteiger charge is 2.11. The van der Waals surface area contributed by atoms with Crippen LogP contribution in [0.15, 0.2) is 4.47 Å². The number of nitrogens with zero attached hydrogens (tertiary/aromatic N) is 2. The van der Waals surface area contributed by atoms with Gasteiger partial charge in [-0.25, -0.2) is 0 Å². The van der Waals surface area contributed by atoms with Crippen LogP contribution in [0.4, 0.5) is 0 Å². The Kier molecular flexibility index (Phi) is 6.01. The van der Waals surface area contributed by atoms with Gasteiger partial charge in [-0.1, -0.05) is 13.8 Å². The van der Waals surface area contributed by atoms with Gasteiger partial charge in [-0.3, -0.25) is 4.68 Å². The van der Waals surface area contributed by atoms with Crippen molar-refractivity contribution in [1.82, 2.24) is 15.1 Å². The number of nitrogens with one attached hydrogen (secondary N) is 1. The molecule has 1 rings (SSSR count). The number of aromatic nitrogens is 2. The summed E-state index contributed by atoms with van der Waals surface area (Å²) in [5, 5.41) is 7.64. The van der Waals surface area contributed by atoms with Gasteiger partial charge < -0.3 is 10.1 Å². The van der Waals surface area contributed by atoms with Crippen molar-refractivity contribution in [3.8, 4) is 0 Å². The summed E-state index contributed by atoms with van der Waals surface area (Å²) >= 11 is 3.57. The van der Waals surface area contributed by atoms with E-state index in [1.807, 2.05) is 11.7 Å². The van der Waals surface area contributed by atoms with Gasteiger partial charge in [0.05, 0.1) is 29.1 Å². The first-order valence-electron chi connectivity index (χ1n) is 5.69. The van der Waals surface area contributed by atoms with Gasteiger partial charge in [0.1, 0.15) is 0 Å². The Hall–Kier alpha value is -0.390. The van der Waals surface area contributed by atoms with E-state index < -0.39 is 0 Å². The summed E-state index contributed by atoms with van der Waals surface area (Å²) in [6.07, 6.45) is 0.936. The van der Waals surface area contributed by atoms with Crippen molar-refractivity contribution in [2.24, 2.45) is 7.05 Å². The molecule has 4 nitrogen and oxygen atoms in total. The Labute approximate surface area is 105 Å². The zero-order valence-corrected chi connectivity index (χ0v) is 11.8. The number of hydrogen-bond donors (Lipinski definition) is 1. The lowest BCUT2D eigenvalue weighted by molar-refractivity contribution is 0.117. The molecule has 0 aromatic carbocycles. The predicted octanol–water partition coefficient (Wildman–Crippen LogP) is 1.87. The van der Waals surface area contributed by atoms with Crippen molar-refractivity contribution < 1.29 is 4.74 Å². The summed E-state index contributed by atoms with van der Waals surface area (Å²) < 4.78 is 8.56. The number of halogens is 1. The van der Waals surface area contributed by atoms with Crippen LogP contribution < -0.4 is 5.32 Å². The average Bonchev–Trinajstić information content (AvgIpc) is 2.55. The second-order valence-corrected chi connectivity index (χ2v) is 4.38. The molecule has 1 heterocycles. The lowest BCUT2D eigenvalue weighted by Gasteiger charge is -2.05. The zero-order valence-electron chi connectivity index (χ0n) is 10.2. The molecular formula is C11H20BrN3O. The molecule has 0 unspecified atom stereocenters. The fraction of sp³-hybridized carbons (Fsp3) is 0.727. The third-order valence-electron chi connectivity index (χ3n) is 2.41. The Morgan fingerprint density at radius 1 is 1.44 bits per heavy atom. The topological polar surface area (TPSA) is 39.1 Å². The summed E-state index contributed by atoms with van der Waals surface area (Å²) in [6, 6.07) is 0. The standard InChI is InChI=1S/C11H20BrN3O/c1-4-9-11(12)10(15(3)14-9)8-16-7-6-13-5-2/h13H,4-8H2,1-3H3. The molecule has 0 aliphatic carbocycles. The third kappa shape index (κ3) is 3.57. The van der Waals surface area contributed by atoms with Crippen LogP contribution in [0.3, 0.4) is 0 Å². The predicted molar refractivity (Wildman–Crippen MR) is 68.5 cm³/mol. The van der Waals surface area contributed by atoms with Crippen molar-refractivity contribution in [1.29, 1.82) is 0 Å². The van der Waals surface area contributed by atoms with Gasteiger partial charge in [0.25, 0.3) is 0 Å². The Balaban J connectivity index is 2.44. The minimum Gasteiger partial charge on any atom is -0.374 e. The van der Waals surface area contributed by atoms with E-state index >= 15 is 0 Å². The molecule has 1 N–H and O–H groups in total. The van der Waals surface area contributed by atoms with E-state index in [9.17, 15) is 0 Å². The Morgan fingerprint density at radius 2 is 2.19 bits per heavy atom. The van der Waals surface area contributed by atoms with Crippen LogP contribution in [0.2, 0.25) is 0 Å². The summed E-state index contributed by atoms with van der Waals surface area (Å²) in [7, 11) is 1.95. The summed E-state index contributed by atoms with van der Waals surface area (Å²) in [5.41, 5.74) is 2.20. The first-order chi connectivity index (χ1) is 7.70. The Morgan fingerprint density at radius 3 is 2.75 bits per heavy atom. The number of likely N-dealkylation sites (N-methyl/N-ethyl adjacent to an activating group) is 1. The molecule has 5 heteroatoms. The molecule has 0 radical (unpaired) electrons. The van der Waals surface area contributed by atoms with Crippen LogP contribution in [0.25, 0.3) is 0 Å². The molecule has 1 aromatic rings. The maximum Gasteiger partial charge on any atom is 0.0896 e. The molecule has 0 spiro atoms. The quantitative estimate of drug-likeness (QED) is 0.779. The van der Waals surface area contributed by atoms with Crippen molar-refractivity contribution in [2.45, 2.75) is 26.9 Å². The molecule has 16 heavy (non-hydrogen) atoms. The van der Waals surface area contributed by atoms with E-state index in [0.717, 1.165) is 42.0 Å². The average molecular weight is 290 g/mol. The van der Waals surface area contributed by atoms with Crippen LogP contribution >= 0.6 is 15.9 Å². The molecule has 0 saturated carbocycles. The number of aryl methyl sites for hydroxylation is 2.